The van der Waals surface area contributed by atoms with E-state index in [9.17, 15) is 20.2 Å². The van der Waals surface area contributed by atoms with Gasteiger partial charge in [-0.15, -0.1) is 0 Å². The fourth-order valence-corrected chi connectivity index (χ4v) is 2.02. The summed E-state index contributed by atoms with van der Waals surface area (Å²) in [5, 5.41) is 25.6. The van der Waals surface area contributed by atoms with E-state index in [1.807, 2.05) is 0 Å². The van der Waals surface area contributed by atoms with Gasteiger partial charge in [-0.1, -0.05) is 18.2 Å². The van der Waals surface area contributed by atoms with Crippen molar-refractivity contribution in [3.63, 3.8) is 0 Å². The molecule has 0 heterocycles. The van der Waals surface area contributed by atoms with E-state index in [-0.39, 0.29) is 22.4 Å². The SMILES string of the molecule is CCNc1ccc2cccc([N+](=O)[O-])c2c1[N+](=O)[O-]. The van der Waals surface area contributed by atoms with Crippen LogP contribution in [-0.4, -0.2) is 16.4 Å². The van der Waals surface area contributed by atoms with Crippen molar-refractivity contribution in [2.45, 2.75) is 6.92 Å². The second-order valence-electron chi connectivity index (χ2n) is 3.88. The molecule has 0 aliphatic heterocycles. The molecule has 7 heteroatoms. The number of nitrogens with zero attached hydrogens (tertiary/aromatic N) is 2. The molecule has 7 nitrogen and oxygen atoms in total. The topological polar surface area (TPSA) is 98.3 Å². The number of rotatable bonds is 4. The smallest absolute Gasteiger partial charge is 0.307 e. The van der Waals surface area contributed by atoms with Crippen molar-refractivity contribution in [2.24, 2.45) is 0 Å². The molecule has 0 aromatic heterocycles. The van der Waals surface area contributed by atoms with Crippen molar-refractivity contribution >= 4 is 27.8 Å². The Bertz CT molecular complexity index is 669. The fraction of sp³-hybridized carbons (Fsp3) is 0.167. The van der Waals surface area contributed by atoms with Crippen molar-refractivity contribution in [1.29, 1.82) is 0 Å². The second kappa shape index (κ2) is 4.89. The molecule has 2 aromatic rings. The molecule has 0 radical (unpaired) electrons. The Labute approximate surface area is 108 Å². The quantitative estimate of drug-likeness (QED) is 0.673. The molecular weight excluding hydrogens is 250 g/mol. The van der Waals surface area contributed by atoms with E-state index in [1.165, 1.54) is 12.1 Å². The number of hydrogen-bond acceptors (Lipinski definition) is 5. The Morgan fingerprint density at radius 3 is 2.42 bits per heavy atom. The summed E-state index contributed by atoms with van der Waals surface area (Å²) in [7, 11) is 0. The number of nitrogens with one attached hydrogen (secondary N) is 1. The third kappa shape index (κ3) is 2.17. The summed E-state index contributed by atoms with van der Waals surface area (Å²) in [6, 6.07) is 7.59. The van der Waals surface area contributed by atoms with Crippen LogP contribution in [0.1, 0.15) is 6.92 Å². The number of fused-ring (bicyclic) bond motifs is 1. The molecule has 98 valence electrons. The van der Waals surface area contributed by atoms with Crippen LogP contribution in [0.3, 0.4) is 0 Å². The minimum absolute atomic E-state index is 0.0518. The Balaban J connectivity index is 2.89. The van der Waals surface area contributed by atoms with Crippen LogP contribution in [0.4, 0.5) is 17.1 Å². The van der Waals surface area contributed by atoms with Crippen LogP contribution in [0.2, 0.25) is 0 Å². The van der Waals surface area contributed by atoms with E-state index in [0.717, 1.165) is 0 Å². The minimum Gasteiger partial charge on any atom is -0.380 e. The van der Waals surface area contributed by atoms with E-state index in [2.05, 4.69) is 5.32 Å². The van der Waals surface area contributed by atoms with Gasteiger partial charge in [0.15, 0.2) is 0 Å². The summed E-state index contributed by atoms with van der Waals surface area (Å²) in [4.78, 5) is 21.1. The van der Waals surface area contributed by atoms with Crippen LogP contribution < -0.4 is 5.32 Å². The van der Waals surface area contributed by atoms with Crippen molar-refractivity contribution in [3.05, 3.63) is 50.6 Å². The number of nitro benzene ring substituents is 2. The zero-order valence-electron chi connectivity index (χ0n) is 10.1. The number of non-ortho nitro benzene ring substituents is 1. The molecule has 19 heavy (non-hydrogen) atoms. The lowest BCUT2D eigenvalue weighted by molar-refractivity contribution is -0.389. The fourth-order valence-electron chi connectivity index (χ4n) is 2.02. The third-order valence-corrected chi connectivity index (χ3v) is 2.74. The molecule has 0 saturated carbocycles. The Morgan fingerprint density at radius 1 is 1.11 bits per heavy atom. The highest BCUT2D eigenvalue weighted by molar-refractivity contribution is 6.02. The predicted octanol–water partition coefficient (Wildman–Crippen LogP) is 3.09. The molecule has 2 rings (SSSR count). The molecule has 0 bridgehead atoms. The first-order chi connectivity index (χ1) is 9.06. The molecule has 0 aliphatic carbocycles. The summed E-state index contributed by atoms with van der Waals surface area (Å²) >= 11 is 0. The number of hydrogen-bond donors (Lipinski definition) is 1. The van der Waals surface area contributed by atoms with E-state index in [4.69, 9.17) is 0 Å². The van der Waals surface area contributed by atoms with Gasteiger partial charge >= 0.3 is 5.69 Å². The molecule has 0 fully saturated rings. The number of benzene rings is 2. The largest absolute Gasteiger partial charge is 0.380 e. The number of nitro groups is 2. The average molecular weight is 261 g/mol. The van der Waals surface area contributed by atoms with Crippen LogP contribution in [0.15, 0.2) is 30.3 Å². The van der Waals surface area contributed by atoms with E-state index in [0.29, 0.717) is 11.9 Å². The van der Waals surface area contributed by atoms with Crippen molar-refractivity contribution in [2.75, 3.05) is 11.9 Å². The normalized spacial score (nSPS) is 10.4. The molecule has 0 aliphatic rings. The molecule has 2 aromatic carbocycles. The molecule has 1 N–H and O–H groups in total. The first-order valence-electron chi connectivity index (χ1n) is 5.64. The predicted molar refractivity (Wildman–Crippen MR) is 71.4 cm³/mol. The molecule has 0 amide bonds. The monoisotopic (exact) mass is 261 g/mol. The van der Waals surface area contributed by atoms with Crippen LogP contribution in [0, 0.1) is 20.2 Å². The van der Waals surface area contributed by atoms with Gasteiger partial charge in [-0.2, -0.15) is 0 Å². The first kappa shape index (κ1) is 12.7. The summed E-state index contributed by atoms with van der Waals surface area (Å²) < 4.78 is 0. The Kier molecular flexibility index (Phi) is 3.28. The van der Waals surface area contributed by atoms with Crippen LogP contribution in [-0.2, 0) is 0 Å². The molecular formula is C12H11N3O4. The highest BCUT2D eigenvalue weighted by atomic mass is 16.6. The van der Waals surface area contributed by atoms with Crippen molar-refractivity contribution in [1.82, 2.24) is 0 Å². The lowest BCUT2D eigenvalue weighted by atomic mass is 10.1. The van der Waals surface area contributed by atoms with Gasteiger partial charge in [-0.25, -0.2) is 0 Å². The third-order valence-electron chi connectivity index (χ3n) is 2.74. The van der Waals surface area contributed by atoms with Gasteiger partial charge in [0.05, 0.1) is 9.85 Å². The summed E-state index contributed by atoms with van der Waals surface area (Å²) in [5.74, 6) is 0. The van der Waals surface area contributed by atoms with Gasteiger partial charge in [-0.05, 0) is 18.4 Å². The zero-order chi connectivity index (χ0) is 14.0. The lowest BCUT2D eigenvalue weighted by Crippen LogP contribution is -2.02. The van der Waals surface area contributed by atoms with E-state index >= 15 is 0 Å². The van der Waals surface area contributed by atoms with Crippen LogP contribution >= 0.6 is 0 Å². The highest BCUT2D eigenvalue weighted by Gasteiger charge is 2.25. The Hall–Kier alpha value is -2.70. The summed E-state index contributed by atoms with van der Waals surface area (Å²) in [5.41, 5.74) is -0.232. The van der Waals surface area contributed by atoms with Crippen molar-refractivity contribution in [3.8, 4) is 0 Å². The Morgan fingerprint density at radius 2 is 1.84 bits per heavy atom. The van der Waals surface area contributed by atoms with Gasteiger partial charge in [0.2, 0.25) is 0 Å². The lowest BCUT2D eigenvalue weighted by Gasteiger charge is -2.07. The van der Waals surface area contributed by atoms with Gasteiger partial charge in [0.1, 0.15) is 11.1 Å². The van der Waals surface area contributed by atoms with Gasteiger partial charge in [0, 0.05) is 12.6 Å². The van der Waals surface area contributed by atoms with E-state index < -0.39 is 9.85 Å². The van der Waals surface area contributed by atoms with Crippen LogP contribution in [0.5, 0.6) is 0 Å². The summed E-state index contributed by atoms with van der Waals surface area (Å²) in [6.07, 6.45) is 0. The average Bonchev–Trinajstić information content (AvgIpc) is 2.37. The summed E-state index contributed by atoms with van der Waals surface area (Å²) in [6.45, 7) is 2.29. The van der Waals surface area contributed by atoms with Crippen LogP contribution in [0.25, 0.3) is 10.8 Å². The maximum absolute atomic E-state index is 11.2. The number of anilines is 1. The molecule has 0 unspecified atom stereocenters. The van der Waals surface area contributed by atoms with Crippen molar-refractivity contribution < 1.29 is 9.85 Å². The van der Waals surface area contributed by atoms with Gasteiger partial charge < -0.3 is 5.32 Å². The standard InChI is InChI=1S/C12H11N3O4/c1-2-13-9-7-6-8-4-3-5-10(14(16)17)11(8)12(9)15(18)19/h3-7,13H,2H2,1H3. The molecule has 0 saturated heterocycles. The molecule has 0 atom stereocenters. The first-order valence-corrected chi connectivity index (χ1v) is 5.64. The van der Waals surface area contributed by atoms with E-state index in [1.54, 1.807) is 25.1 Å². The maximum Gasteiger partial charge on any atom is 0.307 e. The zero-order valence-corrected chi connectivity index (χ0v) is 10.1. The minimum atomic E-state index is -0.606. The molecule has 0 spiro atoms. The second-order valence-corrected chi connectivity index (χ2v) is 3.88. The maximum atomic E-state index is 11.2. The highest BCUT2D eigenvalue weighted by Crippen LogP contribution is 2.38. The van der Waals surface area contributed by atoms with Gasteiger partial charge in [0.25, 0.3) is 5.69 Å². The van der Waals surface area contributed by atoms with Gasteiger partial charge in [-0.3, -0.25) is 20.2 Å².